The fourth-order valence-electron chi connectivity index (χ4n) is 3.81. The lowest BCUT2D eigenvalue weighted by Crippen LogP contribution is -2.58. The quantitative estimate of drug-likeness (QED) is 0.437. The summed E-state index contributed by atoms with van der Waals surface area (Å²) in [5, 5.41) is 9.71. The number of aliphatic hydroxyl groups is 1. The maximum Gasteiger partial charge on any atom is 0.174 e. The maximum absolute atomic E-state index is 10.5. The highest BCUT2D eigenvalue weighted by atomic mass is 35.5. The Labute approximate surface area is 199 Å². The molecule has 0 aliphatic carbocycles. The van der Waals surface area contributed by atoms with Crippen molar-refractivity contribution in [3.8, 4) is 0 Å². The SMILES string of the molecule is O[C@H]1O[C@H](COCc2ccccc2)[C@H](OCc2ccccc2)[C@H](OCc2ccccc2)[C@H]1Cl. The summed E-state index contributed by atoms with van der Waals surface area (Å²) < 4.78 is 24.2. The second kappa shape index (κ2) is 12.3. The Morgan fingerprint density at radius 3 is 1.64 bits per heavy atom. The summed E-state index contributed by atoms with van der Waals surface area (Å²) in [4.78, 5) is 0. The molecule has 0 aromatic heterocycles. The summed E-state index contributed by atoms with van der Waals surface area (Å²) in [6.45, 7) is 1.39. The van der Waals surface area contributed by atoms with Crippen LogP contribution in [0.4, 0.5) is 0 Å². The van der Waals surface area contributed by atoms with Gasteiger partial charge in [-0.1, -0.05) is 91.0 Å². The van der Waals surface area contributed by atoms with Crippen molar-refractivity contribution in [2.45, 2.75) is 49.8 Å². The summed E-state index contributed by atoms with van der Waals surface area (Å²) in [6, 6.07) is 29.6. The van der Waals surface area contributed by atoms with E-state index in [1.807, 2.05) is 91.0 Å². The van der Waals surface area contributed by atoms with Crippen LogP contribution in [0, 0.1) is 0 Å². The van der Waals surface area contributed by atoms with Crippen molar-refractivity contribution in [1.29, 1.82) is 0 Å². The van der Waals surface area contributed by atoms with Crippen LogP contribution in [-0.4, -0.2) is 41.7 Å². The third-order valence-electron chi connectivity index (χ3n) is 5.55. The number of ether oxygens (including phenoxy) is 4. The fourth-order valence-corrected chi connectivity index (χ4v) is 4.09. The minimum atomic E-state index is -1.19. The molecule has 1 heterocycles. The van der Waals surface area contributed by atoms with E-state index in [9.17, 15) is 5.11 Å². The average molecular weight is 469 g/mol. The van der Waals surface area contributed by atoms with Gasteiger partial charge >= 0.3 is 0 Å². The van der Waals surface area contributed by atoms with Gasteiger partial charge in [0, 0.05) is 0 Å². The van der Waals surface area contributed by atoms with Crippen molar-refractivity contribution in [3.05, 3.63) is 108 Å². The Morgan fingerprint density at radius 2 is 1.12 bits per heavy atom. The van der Waals surface area contributed by atoms with Crippen LogP contribution in [-0.2, 0) is 38.8 Å². The molecular weight excluding hydrogens is 440 g/mol. The molecule has 174 valence electrons. The van der Waals surface area contributed by atoms with Crippen LogP contribution in [0.1, 0.15) is 16.7 Å². The lowest BCUT2D eigenvalue weighted by molar-refractivity contribution is -0.262. The Kier molecular flexibility index (Phi) is 8.89. The zero-order valence-electron chi connectivity index (χ0n) is 18.3. The number of aliphatic hydroxyl groups excluding tert-OH is 1. The minimum Gasteiger partial charge on any atom is -0.374 e. The van der Waals surface area contributed by atoms with Crippen molar-refractivity contribution < 1.29 is 24.1 Å². The van der Waals surface area contributed by atoms with Gasteiger partial charge in [0.05, 0.1) is 26.4 Å². The molecule has 1 aliphatic heterocycles. The smallest absolute Gasteiger partial charge is 0.174 e. The second-order valence-electron chi connectivity index (χ2n) is 8.03. The van der Waals surface area contributed by atoms with Gasteiger partial charge in [0.1, 0.15) is 23.7 Å². The molecule has 1 fully saturated rings. The van der Waals surface area contributed by atoms with Crippen LogP contribution in [0.2, 0.25) is 0 Å². The van der Waals surface area contributed by atoms with E-state index >= 15 is 0 Å². The highest BCUT2D eigenvalue weighted by Gasteiger charge is 2.46. The predicted octanol–water partition coefficient (Wildman–Crippen LogP) is 4.70. The highest BCUT2D eigenvalue weighted by molar-refractivity contribution is 6.21. The molecule has 6 heteroatoms. The normalized spacial score (nSPS) is 25.1. The van der Waals surface area contributed by atoms with E-state index in [1.54, 1.807) is 0 Å². The molecule has 0 saturated carbocycles. The zero-order chi connectivity index (χ0) is 22.9. The lowest BCUT2D eigenvalue weighted by Gasteiger charge is -2.42. The van der Waals surface area contributed by atoms with Crippen LogP contribution >= 0.6 is 11.6 Å². The van der Waals surface area contributed by atoms with E-state index in [0.29, 0.717) is 19.8 Å². The van der Waals surface area contributed by atoms with Gasteiger partial charge in [0.2, 0.25) is 0 Å². The van der Waals surface area contributed by atoms with Crippen molar-refractivity contribution in [1.82, 2.24) is 0 Å². The maximum atomic E-state index is 10.5. The molecule has 3 aromatic rings. The van der Waals surface area contributed by atoms with E-state index in [2.05, 4.69) is 0 Å². The highest BCUT2D eigenvalue weighted by Crippen LogP contribution is 2.30. The average Bonchev–Trinajstić information content (AvgIpc) is 2.86. The first kappa shape index (κ1) is 23.9. The molecule has 33 heavy (non-hydrogen) atoms. The van der Waals surface area contributed by atoms with Crippen molar-refractivity contribution in [2.75, 3.05) is 6.61 Å². The Hall–Kier alpha value is -2.25. The van der Waals surface area contributed by atoms with Crippen LogP contribution in [0.3, 0.4) is 0 Å². The molecular formula is C27H29ClO5. The number of rotatable bonds is 10. The third kappa shape index (κ3) is 6.87. The van der Waals surface area contributed by atoms with Crippen LogP contribution < -0.4 is 0 Å². The molecule has 5 nitrogen and oxygen atoms in total. The number of hydrogen-bond donors (Lipinski definition) is 1. The summed E-state index contributed by atoms with van der Waals surface area (Å²) >= 11 is 6.55. The standard InChI is InChI=1S/C27H29ClO5/c28-24-26(32-18-22-14-8-3-9-15-22)25(31-17-21-12-6-2-7-13-21)23(33-27(24)29)19-30-16-20-10-4-1-5-11-20/h1-15,23-27,29H,16-19H2/t23-,24-,25+,26-,27+/m1/s1. The number of benzene rings is 3. The van der Waals surface area contributed by atoms with E-state index in [4.69, 9.17) is 30.5 Å². The molecule has 0 bridgehead atoms. The second-order valence-corrected chi connectivity index (χ2v) is 8.54. The Bertz CT molecular complexity index is 941. The molecule has 5 atom stereocenters. The monoisotopic (exact) mass is 468 g/mol. The molecule has 1 saturated heterocycles. The summed E-state index contributed by atoms with van der Waals surface area (Å²) in [5.74, 6) is 0. The van der Waals surface area contributed by atoms with Crippen molar-refractivity contribution in [2.24, 2.45) is 0 Å². The first-order chi connectivity index (χ1) is 16.2. The lowest BCUT2D eigenvalue weighted by atomic mass is 10.0. The van der Waals surface area contributed by atoms with Crippen molar-refractivity contribution >= 4 is 11.6 Å². The number of hydrogen-bond acceptors (Lipinski definition) is 5. The van der Waals surface area contributed by atoms with E-state index < -0.39 is 30.0 Å². The summed E-state index contributed by atoms with van der Waals surface area (Å²) in [6.07, 6.45) is -2.82. The first-order valence-corrected chi connectivity index (χ1v) is 11.5. The van der Waals surface area contributed by atoms with Gasteiger partial charge in [-0.15, -0.1) is 11.6 Å². The van der Waals surface area contributed by atoms with Gasteiger partial charge in [-0.05, 0) is 16.7 Å². The van der Waals surface area contributed by atoms with Gasteiger partial charge < -0.3 is 24.1 Å². The topological polar surface area (TPSA) is 57.2 Å². The summed E-state index contributed by atoms with van der Waals surface area (Å²) in [5.41, 5.74) is 3.10. The Morgan fingerprint density at radius 1 is 0.667 bits per heavy atom. The van der Waals surface area contributed by atoms with Crippen molar-refractivity contribution in [3.63, 3.8) is 0 Å². The van der Waals surface area contributed by atoms with E-state index in [1.165, 1.54) is 0 Å². The summed E-state index contributed by atoms with van der Waals surface area (Å²) in [7, 11) is 0. The van der Waals surface area contributed by atoms with Gasteiger partial charge in [0.25, 0.3) is 0 Å². The zero-order valence-corrected chi connectivity index (χ0v) is 19.1. The number of halogens is 1. The first-order valence-electron chi connectivity index (χ1n) is 11.1. The molecule has 1 aliphatic rings. The minimum absolute atomic E-state index is 0.236. The van der Waals surface area contributed by atoms with Crippen LogP contribution in [0.25, 0.3) is 0 Å². The number of alkyl halides is 1. The largest absolute Gasteiger partial charge is 0.374 e. The van der Waals surface area contributed by atoms with Crippen LogP contribution in [0.15, 0.2) is 91.0 Å². The van der Waals surface area contributed by atoms with Gasteiger partial charge in [0.15, 0.2) is 6.29 Å². The molecule has 0 radical (unpaired) electrons. The fraction of sp³-hybridized carbons (Fsp3) is 0.333. The van der Waals surface area contributed by atoms with E-state index in [-0.39, 0.29) is 6.61 Å². The van der Waals surface area contributed by atoms with Gasteiger partial charge in [-0.25, -0.2) is 0 Å². The predicted molar refractivity (Wildman–Crippen MR) is 127 cm³/mol. The molecule has 0 unspecified atom stereocenters. The molecule has 0 amide bonds. The van der Waals surface area contributed by atoms with Gasteiger partial charge in [-0.3, -0.25) is 0 Å². The Balaban J connectivity index is 1.46. The van der Waals surface area contributed by atoms with E-state index in [0.717, 1.165) is 16.7 Å². The molecule has 0 spiro atoms. The molecule has 1 N–H and O–H groups in total. The van der Waals surface area contributed by atoms with Gasteiger partial charge in [-0.2, -0.15) is 0 Å². The molecule has 3 aromatic carbocycles. The third-order valence-corrected chi connectivity index (χ3v) is 6.02. The molecule has 4 rings (SSSR count). The van der Waals surface area contributed by atoms with Crippen LogP contribution in [0.5, 0.6) is 0 Å².